The van der Waals surface area contributed by atoms with Crippen LogP contribution in [0.3, 0.4) is 0 Å². The van der Waals surface area contributed by atoms with E-state index in [1.165, 1.54) is 0 Å². The number of rotatable bonds is 6. The van der Waals surface area contributed by atoms with Crippen molar-refractivity contribution < 1.29 is 9.59 Å². The van der Waals surface area contributed by atoms with Crippen LogP contribution in [0, 0.1) is 10.8 Å². The maximum Gasteiger partial charge on any atom is 0.239 e. The van der Waals surface area contributed by atoms with Gasteiger partial charge in [-0.15, -0.1) is 0 Å². The number of hydrogen-bond donors (Lipinski definition) is 4. The Morgan fingerprint density at radius 1 is 1.06 bits per heavy atom. The van der Waals surface area contributed by atoms with Crippen molar-refractivity contribution in [2.75, 3.05) is 6.54 Å². The summed E-state index contributed by atoms with van der Waals surface area (Å²) in [5.74, 6) is 4.70. The van der Waals surface area contributed by atoms with Crippen LogP contribution in [0.5, 0.6) is 0 Å². The van der Waals surface area contributed by atoms with Gasteiger partial charge in [0.1, 0.15) is 0 Å². The molecule has 0 radical (unpaired) electrons. The van der Waals surface area contributed by atoms with Gasteiger partial charge in [0.05, 0.1) is 0 Å². The van der Waals surface area contributed by atoms with E-state index in [1.807, 2.05) is 6.92 Å². The van der Waals surface area contributed by atoms with Gasteiger partial charge in [0, 0.05) is 17.4 Å². The van der Waals surface area contributed by atoms with Gasteiger partial charge in [-0.1, -0.05) is 34.6 Å². The average molecular weight is 244 g/mol. The standard InChI is InChI=1S/C11H24N4O2/c1-6-13-15-9(17)11(4,5)7-10(2,3)8(16)14-12/h13H,6-7,12H2,1-5H3,(H,14,16)(H,15,17). The number of nitrogens with two attached hydrogens (primary N) is 1. The van der Waals surface area contributed by atoms with E-state index in [-0.39, 0.29) is 11.8 Å². The van der Waals surface area contributed by atoms with Gasteiger partial charge in [-0.25, -0.2) is 11.3 Å². The molecule has 100 valence electrons. The summed E-state index contributed by atoms with van der Waals surface area (Å²) < 4.78 is 0. The summed E-state index contributed by atoms with van der Waals surface area (Å²) in [6.45, 7) is 9.65. The first-order valence-corrected chi connectivity index (χ1v) is 5.71. The average Bonchev–Trinajstić information content (AvgIpc) is 2.22. The van der Waals surface area contributed by atoms with E-state index in [9.17, 15) is 9.59 Å². The second-order valence-electron chi connectivity index (χ2n) is 5.40. The molecule has 0 spiro atoms. The van der Waals surface area contributed by atoms with E-state index >= 15 is 0 Å². The van der Waals surface area contributed by atoms with E-state index in [4.69, 9.17) is 5.84 Å². The fourth-order valence-corrected chi connectivity index (χ4v) is 1.80. The molecule has 0 saturated heterocycles. The Balaban J connectivity index is 4.62. The first kappa shape index (κ1) is 15.9. The predicted molar refractivity (Wildman–Crippen MR) is 66.3 cm³/mol. The van der Waals surface area contributed by atoms with Gasteiger partial charge in [-0.05, 0) is 6.42 Å². The number of carbonyl (C=O) groups excluding carboxylic acids is 2. The van der Waals surface area contributed by atoms with Crippen molar-refractivity contribution in [3.05, 3.63) is 0 Å². The summed E-state index contributed by atoms with van der Waals surface area (Å²) in [7, 11) is 0. The van der Waals surface area contributed by atoms with Crippen LogP contribution in [0.25, 0.3) is 0 Å². The minimum Gasteiger partial charge on any atom is -0.294 e. The molecule has 0 aliphatic rings. The largest absolute Gasteiger partial charge is 0.294 e. The molecule has 5 N–H and O–H groups in total. The van der Waals surface area contributed by atoms with E-state index < -0.39 is 10.8 Å². The second kappa shape index (κ2) is 5.97. The van der Waals surface area contributed by atoms with Gasteiger partial charge in [-0.3, -0.25) is 20.4 Å². The van der Waals surface area contributed by atoms with Gasteiger partial charge in [0.2, 0.25) is 11.8 Å². The normalized spacial score (nSPS) is 12.1. The number of hydrazine groups is 2. The fourth-order valence-electron chi connectivity index (χ4n) is 1.80. The van der Waals surface area contributed by atoms with Crippen molar-refractivity contribution in [2.24, 2.45) is 16.7 Å². The van der Waals surface area contributed by atoms with Crippen LogP contribution in [-0.4, -0.2) is 18.4 Å². The highest BCUT2D eigenvalue weighted by Crippen LogP contribution is 2.33. The summed E-state index contributed by atoms with van der Waals surface area (Å²) in [5, 5.41) is 0. The van der Waals surface area contributed by atoms with Crippen molar-refractivity contribution in [3.8, 4) is 0 Å². The molecule has 0 aromatic carbocycles. The zero-order chi connectivity index (χ0) is 13.7. The molecule has 6 heteroatoms. The van der Waals surface area contributed by atoms with Crippen LogP contribution in [0.15, 0.2) is 0 Å². The third kappa shape index (κ3) is 4.70. The number of nitrogens with one attached hydrogen (secondary N) is 3. The van der Waals surface area contributed by atoms with E-state index in [2.05, 4.69) is 16.3 Å². The molecule has 6 nitrogen and oxygen atoms in total. The molecule has 0 heterocycles. The smallest absolute Gasteiger partial charge is 0.239 e. The topological polar surface area (TPSA) is 96.2 Å². The Hall–Kier alpha value is -1.14. The molecule has 0 fully saturated rings. The Labute approximate surface area is 103 Å². The van der Waals surface area contributed by atoms with E-state index in [0.717, 1.165) is 0 Å². The van der Waals surface area contributed by atoms with Crippen molar-refractivity contribution in [2.45, 2.75) is 41.0 Å². The molecule has 0 atom stereocenters. The first-order valence-electron chi connectivity index (χ1n) is 5.71. The Bertz CT molecular complexity index is 287. The van der Waals surface area contributed by atoms with Crippen molar-refractivity contribution in [1.82, 2.24) is 16.3 Å². The molecule has 0 aromatic heterocycles. The van der Waals surface area contributed by atoms with Crippen LogP contribution in [-0.2, 0) is 9.59 Å². The Kier molecular flexibility index (Phi) is 5.57. The lowest BCUT2D eigenvalue weighted by molar-refractivity contribution is -0.136. The highest BCUT2D eigenvalue weighted by Gasteiger charge is 2.38. The van der Waals surface area contributed by atoms with Crippen molar-refractivity contribution in [3.63, 3.8) is 0 Å². The zero-order valence-corrected chi connectivity index (χ0v) is 11.3. The summed E-state index contributed by atoms with van der Waals surface area (Å²) in [6.07, 6.45) is 0.403. The number of hydrogen-bond acceptors (Lipinski definition) is 4. The lowest BCUT2D eigenvalue weighted by Crippen LogP contribution is -2.49. The van der Waals surface area contributed by atoms with Crippen LogP contribution < -0.4 is 22.1 Å². The molecule has 17 heavy (non-hydrogen) atoms. The molecular weight excluding hydrogens is 220 g/mol. The van der Waals surface area contributed by atoms with E-state index in [1.54, 1.807) is 27.7 Å². The quantitative estimate of drug-likeness (QED) is 0.302. The number of amides is 2. The third-order valence-corrected chi connectivity index (χ3v) is 2.62. The van der Waals surface area contributed by atoms with Crippen LogP contribution in [0.1, 0.15) is 41.0 Å². The first-order chi connectivity index (χ1) is 7.67. The molecule has 2 amide bonds. The van der Waals surface area contributed by atoms with Crippen LogP contribution in [0.4, 0.5) is 0 Å². The third-order valence-electron chi connectivity index (χ3n) is 2.62. The predicted octanol–water partition coefficient (Wildman–Crippen LogP) is 0.0595. The molecule has 0 aliphatic carbocycles. The lowest BCUT2D eigenvalue weighted by atomic mass is 9.74. The van der Waals surface area contributed by atoms with E-state index in [0.29, 0.717) is 13.0 Å². The molecule has 0 rings (SSSR count). The summed E-state index contributed by atoms with van der Waals surface area (Å²) in [5.41, 5.74) is 6.13. The molecule has 0 bridgehead atoms. The lowest BCUT2D eigenvalue weighted by Gasteiger charge is -2.32. The Morgan fingerprint density at radius 3 is 1.94 bits per heavy atom. The second-order valence-corrected chi connectivity index (χ2v) is 5.40. The number of carbonyl (C=O) groups is 2. The highest BCUT2D eigenvalue weighted by atomic mass is 16.2. The van der Waals surface area contributed by atoms with Crippen LogP contribution >= 0.6 is 0 Å². The highest BCUT2D eigenvalue weighted by molar-refractivity contribution is 5.85. The molecule has 0 aliphatic heterocycles. The van der Waals surface area contributed by atoms with Gasteiger partial charge in [0.15, 0.2) is 0 Å². The zero-order valence-electron chi connectivity index (χ0n) is 11.3. The van der Waals surface area contributed by atoms with Crippen molar-refractivity contribution in [1.29, 1.82) is 0 Å². The van der Waals surface area contributed by atoms with Gasteiger partial charge >= 0.3 is 0 Å². The molecule has 0 aromatic rings. The van der Waals surface area contributed by atoms with Gasteiger partial charge in [0.25, 0.3) is 0 Å². The molecule has 0 saturated carbocycles. The summed E-state index contributed by atoms with van der Waals surface area (Å²) >= 11 is 0. The fraction of sp³-hybridized carbons (Fsp3) is 0.818. The van der Waals surface area contributed by atoms with Crippen LogP contribution in [0.2, 0.25) is 0 Å². The SMILES string of the molecule is CCNNC(=O)C(C)(C)CC(C)(C)C(=O)NN. The summed E-state index contributed by atoms with van der Waals surface area (Å²) in [4.78, 5) is 23.4. The minimum atomic E-state index is -0.693. The van der Waals surface area contributed by atoms with Crippen molar-refractivity contribution >= 4 is 11.8 Å². The minimum absolute atomic E-state index is 0.141. The maximum atomic E-state index is 11.9. The molecule has 0 unspecified atom stereocenters. The monoisotopic (exact) mass is 244 g/mol. The van der Waals surface area contributed by atoms with Gasteiger partial charge < -0.3 is 0 Å². The van der Waals surface area contributed by atoms with Gasteiger partial charge in [-0.2, -0.15) is 0 Å². The molecular formula is C11H24N4O2. The maximum absolute atomic E-state index is 11.9. The summed E-state index contributed by atoms with van der Waals surface area (Å²) in [6, 6.07) is 0. The Morgan fingerprint density at radius 2 is 1.53 bits per heavy atom.